The lowest BCUT2D eigenvalue weighted by molar-refractivity contribution is 0.187. The molecular weight excluding hydrogens is 242 g/mol. The van der Waals surface area contributed by atoms with E-state index in [0.717, 1.165) is 4.47 Å². The second-order valence-corrected chi connectivity index (χ2v) is 4.45. The van der Waals surface area contributed by atoms with Crippen LogP contribution in [0.5, 0.6) is 0 Å². The average Bonchev–Trinajstić information content (AvgIpc) is 2.15. The summed E-state index contributed by atoms with van der Waals surface area (Å²) < 4.78 is 1.09. The smallest absolute Gasteiger partial charge is 0.0636 e. The molecule has 14 heavy (non-hydrogen) atoms. The van der Waals surface area contributed by atoms with Gasteiger partial charge in [0.15, 0.2) is 0 Å². The van der Waals surface area contributed by atoms with E-state index < -0.39 is 0 Å². The molecule has 0 aliphatic rings. The second-order valence-electron chi connectivity index (χ2n) is 3.53. The Balaban J connectivity index is 2.52. The van der Waals surface area contributed by atoms with Crippen LogP contribution < -0.4 is 5.32 Å². The summed E-state index contributed by atoms with van der Waals surface area (Å²) in [4.78, 5) is 0. The van der Waals surface area contributed by atoms with E-state index in [1.54, 1.807) is 6.92 Å². The molecule has 0 heterocycles. The summed E-state index contributed by atoms with van der Waals surface area (Å²) in [5.41, 5.74) is 1.23. The van der Waals surface area contributed by atoms with Crippen molar-refractivity contribution in [1.29, 1.82) is 0 Å². The molecule has 0 bridgehead atoms. The van der Waals surface area contributed by atoms with Crippen molar-refractivity contribution in [3.05, 3.63) is 34.3 Å². The van der Waals surface area contributed by atoms with Crippen molar-refractivity contribution in [1.82, 2.24) is 5.32 Å². The maximum atomic E-state index is 9.12. The third-order valence-electron chi connectivity index (χ3n) is 2.09. The Bertz CT molecular complexity index is 271. The molecule has 0 saturated heterocycles. The molecule has 0 aliphatic carbocycles. The standard InChI is InChI=1S/C11H16BrNO/c1-8(14)7-13-9(2)10-3-5-11(12)6-4-10/h3-6,8-9,13-14H,7H2,1-2H3/t8-,9?/m1/s1. The number of nitrogens with one attached hydrogen (secondary N) is 1. The van der Waals surface area contributed by atoms with Gasteiger partial charge in [0.05, 0.1) is 6.10 Å². The van der Waals surface area contributed by atoms with E-state index in [-0.39, 0.29) is 12.1 Å². The zero-order valence-electron chi connectivity index (χ0n) is 8.50. The van der Waals surface area contributed by atoms with Gasteiger partial charge in [-0.1, -0.05) is 28.1 Å². The van der Waals surface area contributed by atoms with E-state index in [1.807, 2.05) is 12.1 Å². The minimum absolute atomic E-state index is 0.276. The van der Waals surface area contributed by atoms with E-state index in [1.165, 1.54) is 5.56 Å². The quantitative estimate of drug-likeness (QED) is 0.869. The summed E-state index contributed by atoms with van der Waals surface area (Å²) in [5, 5.41) is 12.4. The van der Waals surface area contributed by atoms with Gasteiger partial charge in [-0.2, -0.15) is 0 Å². The molecule has 2 N–H and O–H groups in total. The summed E-state index contributed by atoms with van der Waals surface area (Å²) >= 11 is 3.40. The topological polar surface area (TPSA) is 32.3 Å². The Labute approximate surface area is 93.5 Å². The van der Waals surface area contributed by atoms with Crippen LogP contribution in [0.3, 0.4) is 0 Å². The molecule has 78 valence electrons. The number of aliphatic hydroxyl groups excluding tert-OH is 1. The fraction of sp³-hybridized carbons (Fsp3) is 0.455. The van der Waals surface area contributed by atoms with E-state index in [0.29, 0.717) is 6.54 Å². The summed E-state index contributed by atoms with van der Waals surface area (Å²) in [6.07, 6.45) is -0.298. The highest BCUT2D eigenvalue weighted by Crippen LogP contribution is 2.16. The fourth-order valence-corrected chi connectivity index (χ4v) is 1.48. The number of aliphatic hydroxyl groups is 1. The van der Waals surface area contributed by atoms with E-state index >= 15 is 0 Å². The van der Waals surface area contributed by atoms with Crippen LogP contribution in [0, 0.1) is 0 Å². The van der Waals surface area contributed by atoms with Crippen LogP contribution in [-0.2, 0) is 0 Å². The van der Waals surface area contributed by atoms with Crippen LogP contribution in [0.4, 0.5) is 0 Å². The minimum Gasteiger partial charge on any atom is -0.392 e. The molecule has 2 atom stereocenters. The van der Waals surface area contributed by atoms with E-state index in [2.05, 4.69) is 40.3 Å². The Kier molecular flexibility index (Phi) is 4.58. The highest BCUT2D eigenvalue weighted by Gasteiger charge is 2.05. The summed E-state index contributed by atoms with van der Waals surface area (Å²) in [5.74, 6) is 0. The largest absolute Gasteiger partial charge is 0.392 e. The van der Waals surface area contributed by atoms with Gasteiger partial charge in [-0.3, -0.25) is 0 Å². The van der Waals surface area contributed by atoms with Crippen LogP contribution in [0.1, 0.15) is 25.5 Å². The Morgan fingerprint density at radius 2 is 1.86 bits per heavy atom. The molecule has 0 radical (unpaired) electrons. The van der Waals surface area contributed by atoms with Crippen molar-refractivity contribution in [3.8, 4) is 0 Å². The van der Waals surface area contributed by atoms with Crippen LogP contribution in [0.2, 0.25) is 0 Å². The molecular formula is C11H16BrNO. The van der Waals surface area contributed by atoms with Crippen LogP contribution in [0.15, 0.2) is 28.7 Å². The molecule has 1 rings (SSSR count). The average molecular weight is 258 g/mol. The molecule has 0 aliphatic heterocycles. The molecule has 0 aromatic heterocycles. The van der Waals surface area contributed by atoms with Gasteiger partial charge in [-0.15, -0.1) is 0 Å². The first kappa shape index (κ1) is 11.7. The van der Waals surface area contributed by atoms with Crippen molar-refractivity contribution in [2.45, 2.75) is 26.0 Å². The summed E-state index contributed by atoms with van der Waals surface area (Å²) in [6.45, 7) is 4.49. The molecule has 3 heteroatoms. The summed E-state index contributed by atoms with van der Waals surface area (Å²) in [6, 6.07) is 8.47. The number of hydrogen-bond donors (Lipinski definition) is 2. The second kappa shape index (κ2) is 5.49. The normalized spacial score (nSPS) is 15.1. The lowest BCUT2D eigenvalue weighted by atomic mass is 10.1. The SMILES string of the molecule is CC(NC[C@@H](C)O)c1ccc(Br)cc1. The van der Waals surface area contributed by atoms with Gasteiger partial charge >= 0.3 is 0 Å². The van der Waals surface area contributed by atoms with Gasteiger partial charge in [-0.05, 0) is 31.5 Å². The third-order valence-corrected chi connectivity index (χ3v) is 2.62. The number of rotatable bonds is 4. The van der Waals surface area contributed by atoms with Gasteiger partial charge in [0.1, 0.15) is 0 Å². The first-order valence-corrected chi connectivity index (χ1v) is 5.56. The van der Waals surface area contributed by atoms with Crippen molar-refractivity contribution in [3.63, 3.8) is 0 Å². The van der Waals surface area contributed by atoms with Crippen LogP contribution in [-0.4, -0.2) is 17.8 Å². The maximum absolute atomic E-state index is 9.12. The van der Waals surface area contributed by atoms with Gasteiger partial charge < -0.3 is 10.4 Å². The zero-order chi connectivity index (χ0) is 10.6. The van der Waals surface area contributed by atoms with E-state index in [4.69, 9.17) is 5.11 Å². The molecule has 0 spiro atoms. The molecule has 1 unspecified atom stereocenters. The highest BCUT2D eigenvalue weighted by molar-refractivity contribution is 9.10. The Hall–Kier alpha value is -0.380. The zero-order valence-corrected chi connectivity index (χ0v) is 10.1. The van der Waals surface area contributed by atoms with Crippen molar-refractivity contribution < 1.29 is 5.11 Å². The molecule has 0 fully saturated rings. The van der Waals surface area contributed by atoms with Crippen molar-refractivity contribution in [2.75, 3.05) is 6.54 Å². The van der Waals surface area contributed by atoms with Crippen LogP contribution >= 0.6 is 15.9 Å². The summed E-state index contributed by atoms with van der Waals surface area (Å²) in [7, 11) is 0. The molecule has 0 amide bonds. The van der Waals surface area contributed by atoms with Gasteiger partial charge in [0.2, 0.25) is 0 Å². The van der Waals surface area contributed by atoms with Gasteiger partial charge in [-0.25, -0.2) is 0 Å². The first-order valence-electron chi connectivity index (χ1n) is 4.76. The van der Waals surface area contributed by atoms with Crippen molar-refractivity contribution >= 4 is 15.9 Å². The molecule has 2 nitrogen and oxygen atoms in total. The van der Waals surface area contributed by atoms with E-state index in [9.17, 15) is 0 Å². The lowest BCUT2D eigenvalue weighted by Crippen LogP contribution is -2.27. The molecule has 1 aromatic carbocycles. The number of hydrogen-bond acceptors (Lipinski definition) is 2. The minimum atomic E-state index is -0.298. The number of benzene rings is 1. The van der Waals surface area contributed by atoms with Gasteiger partial charge in [0.25, 0.3) is 0 Å². The highest BCUT2D eigenvalue weighted by atomic mass is 79.9. The fourth-order valence-electron chi connectivity index (χ4n) is 1.22. The molecule has 1 aromatic rings. The first-order chi connectivity index (χ1) is 6.59. The Morgan fingerprint density at radius 3 is 2.36 bits per heavy atom. The van der Waals surface area contributed by atoms with Gasteiger partial charge in [0, 0.05) is 17.1 Å². The number of halogens is 1. The monoisotopic (exact) mass is 257 g/mol. The third kappa shape index (κ3) is 3.78. The predicted octanol–water partition coefficient (Wildman–Crippen LogP) is 2.48. The molecule has 0 saturated carbocycles. The maximum Gasteiger partial charge on any atom is 0.0636 e. The predicted molar refractivity (Wildman–Crippen MR) is 62.2 cm³/mol. The van der Waals surface area contributed by atoms with Crippen LogP contribution in [0.25, 0.3) is 0 Å². The van der Waals surface area contributed by atoms with Crippen molar-refractivity contribution in [2.24, 2.45) is 0 Å². The Morgan fingerprint density at radius 1 is 1.29 bits per heavy atom. The lowest BCUT2D eigenvalue weighted by Gasteiger charge is -2.15.